The number of halogens is 1. The van der Waals surface area contributed by atoms with Crippen molar-refractivity contribution in [3.63, 3.8) is 0 Å². The number of rotatable bonds is 3. The van der Waals surface area contributed by atoms with Gasteiger partial charge in [-0.1, -0.05) is 0 Å². The predicted molar refractivity (Wildman–Crippen MR) is 74.3 cm³/mol. The maximum atomic E-state index is 5.93. The van der Waals surface area contributed by atoms with Crippen molar-refractivity contribution in [2.24, 2.45) is 7.05 Å². The molecular weight excluding hydrogens is 310 g/mol. The van der Waals surface area contributed by atoms with Gasteiger partial charge in [-0.3, -0.25) is 4.57 Å². The molecule has 3 rings (SSSR count). The second kappa shape index (κ2) is 4.61. The summed E-state index contributed by atoms with van der Waals surface area (Å²) in [6.45, 7) is 0.670. The second-order valence-corrected chi connectivity index (χ2v) is 5.14. The molecule has 0 aliphatic carbocycles. The zero-order valence-electron chi connectivity index (χ0n) is 10.3. The van der Waals surface area contributed by atoms with Crippen molar-refractivity contribution in [1.82, 2.24) is 29.3 Å². The number of fused-ring (bicyclic) bond motifs is 1. The van der Waals surface area contributed by atoms with Crippen LogP contribution in [0.5, 0.6) is 0 Å². The van der Waals surface area contributed by atoms with Gasteiger partial charge in [-0.05, 0) is 22.0 Å². The van der Waals surface area contributed by atoms with Crippen molar-refractivity contribution in [2.75, 3.05) is 5.73 Å². The summed E-state index contributed by atoms with van der Waals surface area (Å²) in [5.41, 5.74) is 7.50. The third-order valence-corrected chi connectivity index (χ3v) is 3.38. The van der Waals surface area contributed by atoms with Crippen LogP contribution in [0.3, 0.4) is 0 Å². The number of pyridine rings is 1. The van der Waals surface area contributed by atoms with Crippen molar-refractivity contribution in [1.29, 1.82) is 0 Å². The number of imidazole rings is 1. The Labute approximate surface area is 117 Å². The SMILES string of the molecule is Cn1cnnc1CCn1c(N)nc2cc(Br)cnc21. The topological polar surface area (TPSA) is 87.4 Å². The highest BCUT2D eigenvalue weighted by Gasteiger charge is 2.11. The normalized spacial score (nSPS) is 11.3. The Bertz CT molecular complexity index is 730. The van der Waals surface area contributed by atoms with E-state index in [0.29, 0.717) is 12.5 Å². The number of aryl methyl sites for hydroxylation is 3. The maximum absolute atomic E-state index is 5.93. The highest BCUT2D eigenvalue weighted by atomic mass is 79.9. The molecule has 19 heavy (non-hydrogen) atoms. The van der Waals surface area contributed by atoms with Crippen LogP contribution < -0.4 is 5.73 Å². The molecule has 0 amide bonds. The molecule has 0 spiro atoms. The van der Waals surface area contributed by atoms with Crippen LogP contribution in [-0.4, -0.2) is 29.3 Å². The Morgan fingerprint density at radius 3 is 3.00 bits per heavy atom. The molecule has 0 aliphatic heterocycles. The summed E-state index contributed by atoms with van der Waals surface area (Å²) in [7, 11) is 1.92. The highest BCUT2D eigenvalue weighted by Crippen LogP contribution is 2.19. The first-order valence-electron chi connectivity index (χ1n) is 5.75. The van der Waals surface area contributed by atoms with Gasteiger partial charge >= 0.3 is 0 Å². The number of hydrogen-bond acceptors (Lipinski definition) is 5. The van der Waals surface area contributed by atoms with Gasteiger partial charge in [-0.2, -0.15) is 0 Å². The number of nitrogens with two attached hydrogens (primary N) is 1. The van der Waals surface area contributed by atoms with Gasteiger partial charge in [0.15, 0.2) is 5.65 Å². The van der Waals surface area contributed by atoms with Crippen LogP contribution in [0.1, 0.15) is 5.82 Å². The van der Waals surface area contributed by atoms with Crippen LogP contribution >= 0.6 is 15.9 Å². The molecule has 0 atom stereocenters. The van der Waals surface area contributed by atoms with Gasteiger partial charge < -0.3 is 10.3 Å². The van der Waals surface area contributed by atoms with E-state index in [0.717, 1.165) is 27.9 Å². The Morgan fingerprint density at radius 2 is 2.26 bits per heavy atom. The standard InChI is InChI=1S/C11H12BrN7/c1-18-6-15-17-9(18)2-3-19-10-8(16-11(19)13)4-7(12)5-14-10/h4-6H,2-3H2,1H3,(H2,13,16). The van der Waals surface area contributed by atoms with Gasteiger partial charge in [-0.15, -0.1) is 10.2 Å². The minimum absolute atomic E-state index is 0.461. The van der Waals surface area contributed by atoms with Gasteiger partial charge in [0, 0.05) is 30.7 Å². The number of anilines is 1. The molecule has 2 N–H and O–H groups in total. The van der Waals surface area contributed by atoms with Crippen molar-refractivity contribution in [2.45, 2.75) is 13.0 Å². The molecular formula is C11H12BrN7. The van der Waals surface area contributed by atoms with E-state index in [9.17, 15) is 0 Å². The van der Waals surface area contributed by atoms with Crippen LogP contribution in [0.15, 0.2) is 23.1 Å². The highest BCUT2D eigenvalue weighted by molar-refractivity contribution is 9.10. The molecule has 0 radical (unpaired) electrons. The zero-order chi connectivity index (χ0) is 13.4. The largest absolute Gasteiger partial charge is 0.369 e. The lowest BCUT2D eigenvalue weighted by atomic mass is 10.4. The van der Waals surface area contributed by atoms with Crippen LogP contribution in [0, 0.1) is 0 Å². The first kappa shape index (κ1) is 12.1. The Balaban J connectivity index is 1.92. The van der Waals surface area contributed by atoms with E-state index in [1.165, 1.54) is 0 Å². The monoisotopic (exact) mass is 321 g/mol. The summed E-state index contributed by atoms with van der Waals surface area (Å²) in [4.78, 5) is 8.66. The lowest BCUT2D eigenvalue weighted by Crippen LogP contribution is -2.09. The molecule has 0 fully saturated rings. The molecule has 0 bridgehead atoms. The average molecular weight is 322 g/mol. The first-order valence-corrected chi connectivity index (χ1v) is 6.54. The van der Waals surface area contributed by atoms with Gasteiger partial charge in [0.2, 0.25) is 5.95 Å². The van der Waals surface area contributed by atoms with Crippen molar-refractivity contribution >= 4 is 33.0 Å². The van der Waals surface area contributed by atoms with E-state index in [-0.39, 0.29) is 0 Å². The van der Waals surface area contributed by atoms with Gasteiger partial charge in [0.1, 0.15) is 17.7 Å². The van der Waals surface area contributed by atoms with E-state index in [2.05, 4.69) is 36.1 Å². The fraction of sp³-hybridized carbons (Fsp3) is 0.273. The van der Waals surface area contributed by atoms with Crippen molar-refractivity contribution in [3.8, 4) is 0 Å². The summed E-state index contributed by atoms with van der Waals surface area (Å²) in [5.74, 6) is 1.36. The lowest BCUT2D eigenvalue weighted by molar-refractivity contribution is 0.665. The van der Waals surface area contributed by atoms with Crippen molar-refractivity contribution < 1.29 is 0 Å². The van der Waals surface area contributed by atoms with E-state index in [1.807, 2.05) is 22.2 Å². The van der Waals surface area contributed by atoms with Gasteiger partial charge in [-0.25, -0.2) is 9.97 Å². The summed E-state index contributed by atoms with van der Waals surface area (Å²) >= 11 is 3.37. The molecule has 7 nitrogen and oxygen atoms in total. The summed E-state index contributed by atoms with van der Waals surface area (Å²) in [6.07, 6.45) is 4.15. The quantitative estimate of drug-likeness (QED) is 0.781. The van der Waals surface area contributed by atoms with E-state index >= 15 is 0 Å². The summed E-state index contributed by atoms with van der Waals surface area (Å²) < 4.78 is 4.66. The van der Waals surface area contributed by atoms with Crippen LogP contribution in [0.25, 0.3) is 11.2 Å². The molecule has 3 aromatic heterocycles. The molecule has 3 heterocycles. The predicted octanol–water partition coefficient (Wildman–Crippen LogP) is 1.15. The van der Waals surface area contributed by atoms with Crippen LogP contribution in [0.2, 0.25) is 0 Å². The minimum atomic E-state index is 0.461. The number of nitrogens with zero attached hydrogens (tertiary/aromatic N) is 6. The third kappa shape index (κ3) is 2.19. The van der Waals surface area contributed by atoms with E-state index in [1.54, 1.807) is 12.5 Å². The average Bonchev–Trinajstić information content (AvgIpc) is 2.90. The smallest absolute Gasteiger partial charge is 0.202 e. The molecule has 0 saturated carbocycles. The summed E-state index contributed by atoms with van der Waals surface area (Å²) in [6, 6.07) is 1.90. The van der Waals surface area contributed by atoms with Crippen molar-refractivity contribution in [3.05, 3.63) is 28.9 Å². The van der Waals surface area contributed by atoms with E-state index in [4.69, 9.17) is 5.73 Å². The number of aromatic nitrogens is 6. The Morgan fingerprint density at radius 1 is 1.42 bits per heavy atom. The minimum Gasteiger partial charge on any atom is -0.369 e. The maximum Gasteiger partial charge on any atom is 0.202 e. The molecule has 3 aromatic rings. The molecule has 0 unspecified atom stereocenters. The first-order chi connectivity index (χ1) is 9.15. The van der Waals surface area contributed by atoms with Crippen LogP contribution in [0.4, 0.5) is 5.95 Å². The number of nitrogen functional groups attached to an aromatic ring is 1. The van der Waals surface area contributed by atoms with Gasteiger partial charge in [0.25, 0.3) is 0 Å². The second-order valence-electron chi connectivity index (χ2n) is 4.23. The van der Waals surface area contributed by atoms with Crippen LogP contribution in [-0.2, 0) is 20.0 Å². The fourth-order valence-corrected chi connectivity index (χ4v) is 2.29. The third-order valence-electron chi connectivity index (χ3n) is 2.95. The van der Waals surface area contributed by atoms with Gasteiger partial charge in [0.05, 0.1) is 0 Å². The molecule has 0 aliphatic rings. The zero-order valence-corrected chi connectivity index (χ0v) is 11.9. The lowest BCUT2D eigenvalue weighted by Gasteiger charge is -2.05. The number of hydrogen-bond donors (Lipinski definition) is 1. The summed E-state index contributed by atoms with van der Waals surface area (Å²) in [5, 5.41) is 7.90. The molecule has 0 aromatic carbocycles. The molecule has 8 heteroatoms. The Hall–Kier alpha value is -1.96. The Kier molecular flexibility index (Phi) is 2.94. The molecule has 98 valence electrons. The fourth-order valence-electron chi connectivity index (χ4n) is 1.97. The molecule has 0 saturated heterocycles. The van der Waals surface area contributed by atoms with E-state index < -0.39 is 0 Å².